The van der Waals surface area contributed by atoms with E-state index >= 15 is 0 Å². The molecular weight excluding hydrogens is 537 g/mol. The Morgan fingerprint density at radius 2 is 1.68 bits per heavy atom. The molecular formula is C31H37F3N2O5. The fourth-order valence-electron chi connectivity index (χ4n) is 6.39. The minimum absolute atomic E-state index is 0.00847. The molecule has 2 aliphatic carbocycles. The molecule has 2 amide bonds. The smallest absolute Gasteiger partial charge is 0.471 e. The molecule has 222 valence electrons. The van der Waals surface area contributed by atoms with Crippen LogP contribution in [0.4, 0.5) is 18.0 Å². The number of rotatable bonds is 9. The normalized spacial score (nSPS) is 27.2. The highest BCUT2D eigenvalue weighted by Gasteiger charge is 2.52. The van der Waals surface area contributed by atoms with E-state index in [0.717, 1.165) is 35.6 Å². The fraction of sp³-hybridized carbons (Fsp3) is 0.548. The van der Waals surface area contributed by atoms with Gasteiger partial charge in [-0.3, -0.25) is 9.69 Å². The van der Waals surface area contributed by atoms with Crippen molar-refractivity contribution < 1.29 is 37.0 Å². The van der Waals surface area contributed by atoms with E-state index in [-0.39, 0.29) is 32.3 Å². The van der Waals surface area contributed by atoms with Crippen molar-refractivity contribution in [3.8, 4) is 5.75 Å². The number of benzene rings is 2. The van der Waals surface area contributed by atoms with Crippen molar-refractivity contribution in [2.24, 2.45) is 11.8 Å². The second-order valence-electron chi connectivity index (χ2n) is 11.5. The Morgan fingerprint density at radius 1 is 0.951 bits per heavy atom. The molecule has 3 aliphatic rings. The Morgan fingerprint density at radius 3 is 2.34 bits per heavy atom. The van der Waals surface area contributed by atoms with Crippen LogP contribution >= 0.6 is 0 Å². The lowest BCUT2D eigenvalue weighted by atomic mass is 9.97. The lowest BCUT2D eigenvalue weighted by Gasteiger charge is -2.36. The number of carbonyl (C=O) groups excluding carboxylic acids is 2. The molecule has 5 rings (SSSR count). The van der Waals surface area contributed by atoms with E-state index < -0.39 is 36.3 Å². The highest BCUT2D eigenvalue weighted by molar-refractivity contribution is 5.82. The summed E-state index contributed by atoms with van der Waals surface area (Å²) in [5.74, 6) is 0.0368. The third-order valence-corrected chi connectivity index (χ3v) is 8.69. The van der Waals surface area contributed by atoms with E-state index in [0.29, 0.717) is 17.2 Å². The molecule has 0 radical (unpaired) electrons. The molecule has 0 spiro atoms. The predicted molar refractivity (Wildman–Crippen MR) is 145 cm³/mol. The van der Waals surface area contributed by atoms with Gasteiger partial charge in [0, 0.05) is 12.6 Å². The first kappa shape index (κ1) is 29.2. The van der Waals surface area contributed by atoms with E-state index in [1.165, 1.54) is 18.4 Å². The van der Waals surface area contributed by atoms with Gasteiger partial charge in [0.15, 0.2) is 0 Å². The van der Waals surface area contributed by atoms with Crippen LogP contribution < -0.4 is 4.74 Å². The number of likely N-dealkylation sites (tertiary alicyclic amines) is 1. The Balaban J connectivity index is 1.39. The van der Waals surface area contributed by atoms with E-state index in [4.69, 9.17) is 14.2 Å². The van der Waals surface area contributed by atoms with Gasteiger partial charge >= 0.3 is 18.2 Å². The van der Waals surface area contributed by atoms with Crippen LogP contribution in [0.2, 0.25) is 0 Å². The maximum Gasteiger partial charge on any atom is 0.471 e. The van der Waals surface area contributed by atoms with Gasteiger partial charge in [0.1, 0.15) is 12.4 Å². The van der Waals surface area contributed by atoms with Crippen LogP contribution in [-0.2, 0) is 27.4 Å². The molecule has 10 heteroatoms. The zero-order valence-corrected chi connectivity index (χ0v) is 23.4. The number of amides is 2. The van der Waals surface area contributed by atoms with Gasteiger partial charge in [0.2, 0.25) is 0 Å². The van der Waals surface area contributed by atoms with Crippen molar-refractivity contribution in [1.29, 1.82) is 0 Å². The second-order valence-corrected chi connectivity index (χ2v) is 11.5. The van der Waals surface area contributed by atoms with Crippen LogP contribution in [0.3, 0.4) is 0 Å². The van der Waals surface area contributed by atoms with Crippen molar-refractivity contribution in [3.05, 3.63) is 65.7 Å². The molecule has 3 fully saturated rings. The number of halogens is 3. The average molecular weight is 575 g/mol. The number of carbonyl (C=O) groups is 2. The van der Waals surface area contributed by atoms with Crippen LogP contribution in [0.1, 0.15) is 50.2 Å². The number of methoxy groups -OCH3 is 1. The molecule has 6 atom stereocenters. The number of alkyl halides is 3. The summed E-state index contributed by atoms with van der Waals surface area (Å²) in [7, 11) is 1.50. The largest absolute Gasteiger partial charge is 0.497 e. The number of hydrogen-bond acceptors (Lipinski definition) is 5. The first-order chi connectivity index (χ1) is 19.6. The molecule has 2 saturated carbocycles. The van der Waals surface area contributed by atoms with Gasteiger partial charge in [-0.05, 0) is 74.1 Å². The van der Waals surface area contributed by atoms with Gasteiger partial charge < -0.3 is 19.1 Å². The first-order valence-corrected chi connectivity index (χ1v) is 14.3. The van der Waals surface area contributed by atoms with Crippen LogP contribution in [0.5, 0.6) is 5.75 Å². The second kappa shape index (κ2) is 12.3. The topological polar surface area (TPSA) is 68.3 Å². The molecule has 1 aliphatic heterocycles. The minimum Gasteiger partial charge on any atom is -0.497 e. The first-order valence-electron chi connectivity index (χ1n) is 14.3. The van der Waals surface area contributed by atoms with Crippen LogP contribution in [0.15, 0.2) is 54.6 Å². The lowest BCUT2D eigenvalue weighted by Crippen LogP contribution is -2.54. The number of hydrogen-bond donors (Lipinski definition) is 0. The van der Waals surface area contributed by atoms with Crippen molar-refractivity contribution in [3.63, 3.8) is 0 Å². The number of ether oxygens (including phenoxy) is 3. The summed E-state index contributed by atoms with van der Waals surface area (Å²) in [5, 5.41) is 0. The van der Waals surface area contributed by atoms with E-state index in [9.17, 15) is 22.8 Å². The molecule has 1 heterocycles. The standard InChI is InChI=1S/C31H37F3N2O5/c1-20-14-27(35(29(37)31(32,33)34)17-21-8-11-25(39-2)12-9-21)28(19-40-26-13-10-23-15-24(23)16-26)36(20)30(38)41-18-22-6-4-3-5-7-22/h3-9,11-12,20,23-24,26-28H,10,13-19H2,1-2H3/t20-,23?,24+,26-,27+,28+/m1/s1. The SMILES string of the molecule is COc1ccc(CN(C(=O)C(F)(F)F)[C@H]2C[C@@H](C)N(C(=O)OCc3ccccc3)[C@H]2CO[C@@H]2CCC3C[C@H]3C2)cc1. The summed E-state index contributed by atoms with van der Waals surface area (Å²) in [4.78, 5) is 28.6. The molecule has 0 bridgehead atoms. The zero-order chi connectivity index (χ0) is 29.1. The van der Waals surface area contributed by atoms with Gasteiger partial charge in [-0.25, -0.2) is 4.79 Å². The molecule has 1 saturated heterocycles. The molecule has 0 aromatic heterocycles. The van der Waals surface area contributed by atoms with Gasteiger partial charge in [-0.15, -0.1) is 0 Å². The maximum atomic E-state index is 13.9. The van der Waals surface area contributed by atoms with Crippen molar-refractivity contribution in [1.82, 2.24) is 9.80 Å². The fourth-order valence-corrected chi connectivity index (χ4v) is 6.39. The summed E-state index contributed by atoms with van der Waals surface area (Å²) >= 11 is 0. The molecule has 1 unspecified atom stereocenters. The molecule has 0 N–H and O–H groups in total. The molecule has 41 heavy (non-hydrogen) atoms. The Kier molecular flexibility index (Phi) is 8.77. The van der Waals surface area contributed by atoms with Gasteiger partial charge in [-0.2, -0.15) is 13.2 Å². The van der Waals surface area contributed by atoms with Gasteiger partial charge in [-0.1, -0.05) is 42.5 Å². The Labute approximate surface area is 238 Å². The van der Waals surface area contributed by atoms with E-state index in [2.05, 4.69) is 0 Å². The van der Waals surface area contributed by atoms with Crippen molar-refractivity contribution in [2.45, 2.75) is 82.6 Å². The third kappa shape index (κ3) is 6.97. The van der Waals surface area contributed by atoms with Gasteiger partial charge in [0.05, 0.1) is 31.9 Å². The van der Waals surface area contributed by atoms with Crippen LogP contribution in [0, 0.1) is 11.8 Å². The number of fused-ring (bicyclic) bond motifs is 1. The Bertz CT molecular complexity index is 1190. The highest BCUT2D eigenvalue weighted by Crippen LogP contribution is 2.50. The van der Waals surface area contributed by atoms with Crippen LogP contribution in [-0.4, -0.2) is 65.9 Å². The summed E-state index contributed by atoms with van der Waals surface area (Å²) in [5.41, 5.74) is 1.32. The zero-order valence-electron chi connectivity index (χ0n) is 23.4. The highest BCUT2D eigenvalue weighted by atomic mass is 19.4. The Hall–Kier alpha value is -3.27. The third-order valence-electron chi connectivity index (χ3n) is 8.69. The molecule has 7 nitrogen and oxygen atoms in total. The maximum absolute atomic E-state index is 13.9. The molecule has 2 aromatic carbocycles. The van der Waals surface area contributed by atoms with Crippen LogP contribution in [0.25, 0.3) is 0 Å². The molecule has 2 aromatic rings. The number of nitrogens with zero attached hydrogens (tertiary/aromatic N) is 2. The lowest BCUT2D eigenvalue weighted by molar-refractivity contribution is -0.189. The quantitative estimate of drug-likeness (QED) is 0.370. The van der Waals surface area contributed by atoms with Crippen molar-refractivity contribution >= 4 is 12.0 Å². The summed E-state index contributed by atoms with van der Waals surface area (Å²) in [6, 6.07) is 13.6. The minimum atomic E-state index is -5.08. The summed E-state index contributed by atoms with van der Waals surface area (Å²) < 4.78 is 58.9. The van der Waals surface area contributed by atoms with Crippen molar-refractivity contribution in [2.75, 3.05) is 13.7 Å². The van der Waals surface area contributed by atoms with E-state index in [1.54, 1.807) is 31.2 Å². The monoisotopic (exact) mass is 574 g/mol. The predicted octanol–water partition coefficient (Wildman–Crippen LogP) is 5.96. The average Bonchev–Trinajstić information content (AvgIpc) is 3.67. The van der Waals surface area contributed by atoms with Gasteiger partial charge in [0.25, 0.3) is 0 Å². The summed E-state index contributed by atoms with van der Waals surface area (Å²) in [6.07, 6.45) is -1.45. The summed E-state index contributed by atoms with van der Waals surface area (Å²) in [6.45, 7) is 1.57. The van der Waals surface area contributed by atoms with E-state index in [1.807, 2.05) is 30.3 Å².